The molecule has 0 radical (unpaired) electrons. The summed E-state index contributed by atoms with van der Waals surface area (Å²) in [6.07, 6.45) is 3.32. The molecule has 0 saturated carbocycles. The molecule has 0 saturated heterocycles. The lowest BCUT2D eigenvalue weighted by Crippen LogP contribution is -2.18. The van der Waals surface area contributed by atoms with Gasteiger partial charge in [0.25, 0.3) is 0 Å². The lowest BCUT2D eigenvalue weighted by molar-refractivity contribution is 0.619. The van der Waals surface area contributed by atoms with Crippen molar-refractivity contribution in [3.05, 3.63) is 42.1 Å². The van der Waals surface area contributed by atoms with Crippen LogP contribution in [0.25, 0.3) is 11.3 Å². The Morgan fingerprint density at radius 2 is 2.12 bits per heavy atom. The SMILES string of the molecule is CCn1cnc(=NC#N)c(-c2ccccc2)n1. The van der Waals surface area contributed by atoms with Crippen LogP contribution in [0.1, 0.15) is 6.92 Å². The lowest BCUT2D eigenvalue weighted by Gasteiger charge is -2.04. The fraction of sp³-hybridized carbons (Fsp3) is 0.167. The molecule has 0 spiro atoms. The average molecular weight is 225 g/mol. The molecule has 0 bridgehead atoms. The van der Waals surface area contributed by atoms with E-state index >= 15 is 0 Å². The minimum absolute atomic E-state index is 0.350. The second-order valence-corrected chi connectivity index (χ2v) is 3.35. The highest BCUT2D eigenvalue weighted by Crippen LogP contribution is 2.10. The summed E-state index contributed by atoms with van der Waals surface area (Å²) >= 11 is 0. The van der Waals surface area contributed by atoms with Crippen molar-refractivity contribution in [1.82, 2.24) is 14.8 Å². The summed E-state index contributed by atoms with van der Waals surface area (Å²) in [7, 11) is 0. The van der Waals surface area contributed by atoms with Crippen molar-refractivity contribution in [2.45, 2.75) is 13.5 Å². The Kier molecular flexibility index (Phi) is 3.26. The van der Waals surface area contributed by atoms with Crippen molar-refractivity contribution < 1.29 is 0 Å². The number of nitriles is 1. The minimum Gasteiger partial charge on any atom is -0.254 e. The Morgan fingerprint density at radius 3 is 2.76 bits per heavy atom. The number of benzene rings is 1. The summed E-state index contributed by atoms with van der Waals surface area (Å²) in [5, 5.41) is 13.0. The third-order valence-corrected chi connectivity index (χ3v) is 2.28. The van der Waals surface area contributed by atoms with E-state index in [-0.39, 0.29) is 0 Å². The molecule has 0 aliphatic rings. The summed E-state index contributed by atoms with van der Waals surface area (Å²) in [5.41, 5.74) is 1.87. The molecule has 2 rings (SSSR count). The van der Waals surface area contributed by atoms with Crippen molar-refractivity contribution in [1.29, 1.82) is 5.26 Å². The van der Waals surface area contributed by atoms with Gasteiger partial charge in [-0.3, -0.25) is 4.68 Å². The van der Waals surface area contributed by atoms with Gasteiger partial charge < -0.3 is 0 Å². The zero-order valence-electron chi connectivity index (χ0n) is 9.41. The predicted molar refractivity (Wildman–Crippen MR) is 62.3 cm³/mol. The van der Waals surface area contributed by atoms with E-state index in [1.54, 1.807) is 17.2 Å². The van der Waals surface area contributed by atoms with E-state index in [1.807, 2.05) is 37.3 Å². The van der Waals surface area contributed by atoms with E-state index in [0.717, 1.165) is 12.1 Å². The maximum atomic E-state index is 8.63. The predicted octanol–water partition coefficient (Wildman–Crippen LogP) is 1.35. The molecule has 1 heterocycles. The number of aryl methyl sites for hydroxylation is 1. The molecular formula is C12H11N5. The van der Waals surface area contributed by atoms with Crippen LogP contribution in [-0.2, 0) is 6.54 Å². The molecule has 84 valence electrons. The number of hydrogen-bond acceptors (Lipinski definition) is 4. The highest BCUT2D eigenvalue weighted by Gasteiger charge is 2.04. The first-order valence-corrected chi connectivity index (χ1v) is 5.27. The van der Waals surface area contributed by atoms with E-state index in [2.05, 4.69) is 15.1 Å². The van der Waals surface area contributed by atoms with Crippen LogP contribution in [0.15, 0.2) is 41.7 Å². The Labute approximate surface area is 98.7 Å². The van der Waals surface area contributed by atoms with Gasteiger partial charge in [0.2, 0.25) is 6.19 Å². The summed E-state index contributed by atoms with van der Waals surface area (Å²) in [4.78, 5) is 7.80. The van der Waals surface area contributed by atoms with E-state index < -0.39 is 0 Å². The maximum absolute atomic E-state index is 8.63. The van der Waals surface area contributed by atoms with Gasteiger partial charge >= 0.3 is 0 Å². The Bertz CT molecular complexity index is 607. The Morgan fingerprint density at radius 1 is 1.35 bits per heavy atom. The van der Waals surface area contributed by atoms with E-state index in [4.69, 9.17) is 5.26 Å². The highest BCUT2D eigenvalue weighted by molar-refractivity contribution is 5.56. The van der Waals surface area contributed by atoms with E-state index in [0.29, 0.717) is 11.2 Å². The summed E-state index contributed by atoms with van der Waals surface area (Å²) in [5.74, 6) is 0. The Balaban J connectivity index is 2.66. The molecule has 1 aromatic carbocycles. The van der Waals surface area contributed by atoms with Crippen LogP contribution in [0, 0.1) is 11.5 Å². The van der Waals surface area contributed by atoms with Gasteiger partial charge in [-0.15, -0.1) is 0 Å². The van der Waals surface area contributed by atoms with E-state index in [1.165, 1.54) is 0 Å². The molecule has 0 fully saturated rings. The molecule has 0 aliphatic carbocycles. The molecule has 0 amide bonds. The first kappa shape index (κ1) is 11.0. The van der Waals surface area contributed by atoms with Gasteiger partial charge in [0, 0.05) is 12.1 Å². The van der Waals surface area contributed by atoms with Crippen LogP contribution in [0.5, 0.6) is 0 Å². The molecule has 0 N–H and O–H groups in total. The summed E-state index contributed by atoms with van der Waals surface area (Å²) in [6, 6.07) is 9.59. The van der Waals surface area contributed by atoms with Crippen LogP contribution in [0.3, 0.4) is 0 Å². The van der Waals surface area contributed by atoms with Gasteiger partial charge in [-0.25, -0.2) is 4.98 Å². The van der Waals surface area contributed by atoms with Crippen molar-refractivity contribution in [3.63, 3.8) is 0 Å². The number of hydrogen-bond donors (Lipinski definition) is 0. The molecular weight excluding hydrogens is 214 g/mol. The largest absolute Gasteiger partial charge is 0.254 e. The van der Waals surface area contributed by atoms with Gasteiger partial charge in [0.15, 0.2) is 5.49 Å². The fourth-order valence-electron chi connectivity index (χ4n) is 1.45. The average Bonchev–Trinajstić information content (AvgIpc) is 2.40. The van der Waals surface area contributed by atoms with Gasteiger partial charge in [0.1, 0.15) is 12.0 Å². The zero-order chi connectivity index (χ0) is 12.1. The summed E-state index contributed by atoms with van der Waals surface area (Å²) < 4.78 is 1.71. The molecule has 17 heavy (non-hydrogen) atoms. The van der Waals surface area contributed by atoms with Gasteiger partial charge in [-0.1, -0.05) is 30.3 Å². The normalized spacial score (nSPS) is 11.2. The van der Waals surface area contributed by atoms with Gasteiger partial charge in [-0.2, -0.15) is 15.4 Å². The third-order valence-electron chi connectivity index (χ3n) is 2.28. The topological polar surface area (TPSA) is 66.9 Å². The standard InChI is InChI=1S/C12H11N5/c1-2-17-9-15-12(14-8-13)11(16-17)10-6-4-3-5-7-10/h3-7,9H,2H2,1H3. The molecule has 2 aromatic rings. The lowest BCUT2D eigenvalue weighted by atomic mass is 10.2. The molecule has 0 atom stereocenters. The van der Waals surface area contributed by atoms with E-state index in [9.17, 15) is 0 Å². The molecule has 0 unspecified atom stereocenters. The number of nitrogens with zero attached hydrogens (tertiary/aromatic N) is 5. The van der Waals surface area contributed by atoms with Gasteiger partial charge in [0.05, 0.1) is 0 Å². The van der Waals surface area contributed by atoms with Crippen molar-refractivity contribution in [2.24, 2.45) is 4.99 Å². The molecule has 5 nitrogen and oxygen atoms in total. The second-order valence-electron chi connectivity index (χ2n) is 3.35. The van der Waals surface area contributed by atoms with Crippen LogP contribution in [0.2, 0.25) is 0 Å². The van der Waals surface area contributed by atoms with Crippen LogP contribution >= 0.6 is 0 Å². The zero-order valence-corrected chi connectivity index (χ0v) is 9.41. The van der Waals surface area contributed by atoms with Gasteiger partial charge in [-0.05, 0) is 6.92 Å². The monoisotopic (exact) mass is 225 g/mol. The molecule has 5 heteroatoms. The van der Waals surface area contributed by atoms with Crippen LogP contribution < -0.4 is 5.49 Å². The third kappa shape index (κ3) is 2.37. The maximum Gasteiger partial charge on any atom is 0.207 e. The van der Waals surface area contributed by atoms with Crippen molar-refractivity contribution in [2.75, 3.05) is 0 Å². The van der Waals surface area contributed by atoms with Crippen molar-refractivity contribution in [3.8, 4) is 17.5 Å². The van der Waals surface area contributed by atoms with Crippen LogP contribution in [0.4, 0.5) is 0 Å². The summed E-state index contributed by atoms with van der Waals surface area (Å²) in [6.45, 7) is 2.70. The number of aromatic nitrogens is 3. The second kappa shape index (κ2) is 5.03. The minimum atomic E-state index is 0.350. The first-order valence-electron chi connectivity index (χ1n) is 5.27. The van der Waals surface area contributed by atoms with Crippen molar-refractivity contribution >= 4 is 0 Å². The fourth-order valence-corrected chi connectivity index (χ4v) is 1.45. The molecule has 1 aromatic heterocycles. The smallest absolute Gasteiger partial charge is 0.207 e. The Hall–Kier alpha value is -2.48. The quantitative estimate of drug-likeness (QED) is 0.724. The first-order chi connectivity index (χ1) is 8.35. The molecule has 0 aliphatic heterocycles. The number of rotatable bonds is 2. The van der Waals surface area contributed by atoms with Crippen LogP contribution in [-0.4, -0.2) is 14.8 Å². The highest BCUT2D eigenvalue weighted by atomic mass is 15.3.